The number of imide groups is 1. The molecule has 2 atom stereocenters. The number of nitrogens with two attached hydrogens (primary N) is 2. The van der Waals surface area contributed by atoms with Crippen molar-refractivity contribution in [2.75, 3.05) is 97.0 Å². The van der Waals surface area contributed by atoms with Crippen molar-refractivity contribution in [3.05, 3.63) is 102 Å². The third kappa shape index (κ3) is 11.2. The van der Waals surface area contributed by atoms with Crippen molar-refractivity contribution >= 4 is 41.0 Å². The Balaban J connectivity index is 0.682. The van der Waals surface area contributed by atoms with Gasteiger partial charge in [0.25, 0.3) is 17.7 Å². The minimum atomic E-state index is -0.716. The standard InChI is InChI=1S/C50H61N9O9/c1-55(25-27-65-29-31-67-32-30-66-28-26-57-44(61)17-16-42(50(57)64)58-33-39-38(49(58)63)9-5-10-40(39)51)22-6-11-43(60)56-23-19-34(20-24-56)41-18-21-53-48-45(47(52)62)46(54-59(41)48)35-12-14-37(15-13-35)68-36-7-3-2-4-8-36/h2-15,34,41-42,53H,16-33,51H2,1H3,(H2,52,62)/b11-6+/t41-,42?/m0/s1. The van der Waals surface area contributed by atoms with Gasteiger partial charge >= 0.3 is 0 Å². The number of nitrogens with one attached hydrogen (secondary N) is 1. The van der Waals surface area contributed by atoms with E-state index in [0.717, 1.165) is 36.1 Å². The number of amides is 5. The summed E-state index contributed by atoms with van der Waals surface area (Å²) in [4.78, 5) is 71.6. The first-order valence-corrected chi connectivity index (χ1v) is 23.5. The highest BCUT2D eigenvalue weighted by atomic mass is 16.5. The van der Waals surface area contributed by atoms with Gasteiger partial charge in [0, 0.05) is 74.1 Å². The SMILES string of the molecule is CN(C/C=C/C(=O)N1CCC([C@@H]2CCNc3c(C(N)=O)c(-c4ccc(Oc5ccccc5)cc4)nn32)CC1)CCOCCOCCOCCN1C(=O)CCC(N2Cc3c(N)cccc3C2=O)C1=O. The predicted molar refractivity (Wildman–Crippen MR) is 254 cm³/mol. The molecule has 68 heavy (non-hydrogen) atoms. The molecule has 18 heteroatoms. The van der Waals surface area contributed by atoms with E-state index < -0.39 is 17.9 Å². The van der Waals surface area contributed by atoms with Crippen LogP contribution in [0.2, 0.25) is 0 Å². The maximum atomic E-state index is 13.3. The van der Waals surface area contributed by atoms with Gasteiger partial charge in [0.2, 0.25) is 11.8 Å². The molecule has 4 aliphatic heterocycles. The number of nitrogen functional groups attached to an aromatic ring is 1. The largest absolute Gasteiger partial charge is 0.457 e. The summed E-state index contributed by atoms with van der Waals surface area (Å²) in [6.45, 7) is 5.68. The van der Waals surface area contributed by atoms with Crippen molar-refractivity contribution in [3.63, 3.8) is 0 Å². The molecule has 2 saturated heterocycles. The molecular weight excluding hydrogens is 871 g/mol. The van der Waals surface area contributed by atoms with E-state index in [4.69, 9.17) is 35.5 Å². The first-order valence-electron chi connectivity index (χ1n) is 23.5. The Morgan fingerprint density at radius 3 is 2.28 bits per heavy atom. The van der Waals surface area contributed by atoms with Gasteiger partial charge in [0.05, 0.1) is 52.2 Å². The zero-order valence-electron chi connectivity index (χ0n) is 38.6. The lowest BCUT2D eigenvalue weighted by atomic mass is 9.87. The number of hydrogen-bond donors (Lipinski definition) is 3. The van der Waals surface area contributed by atoms with E-state index in [1.54, 1.807) is 24.3 Å². The molecule has 1 aromatic heterocycles. The Labute approximate surface area is 396 Å². The number of carbonyl (C=O) groups is 5. The monoisotopic (exact) mass is 931 g/mol. The third-order valence-corrected chi connectivity index (χ3v) is 13.1. The number of primary amides is 1. The van der Waals surface area contributed by atoms with Gasteiger partial charge in [-0.25, -0.2) is 4.68 Å². The molecule has 4 aromatic rings. The fraction of sp³-hybridized carbons (Fsp3) is 0.440. The second kappa shape index (κ2) is 22.5. The molecule has 5 heterocycles. The summed E-state index contributed by atoms with van der Waals surface area (Å²) in [6.07, 6.45) is 6.49. The number of para-hydroxylation sites is 1. The summed E-state index contributed by atoms with van der Waals surface area (Å²) in [5.41, 5.74) is 15.4. The summed E-state index contributed by atoms with van der Waals surface area (Å²) >= 11 is 0. The maximum Gasteiger partial charge on any atom is 0.255 e. The van der Waals surface area contributed by atoms with Gasteiger partial charge in [-0.3, -0.25) is 28.9 Å². The first-order chi connectivity index (χ1) is 33.1. The number of likely N-dealkylation sites (tertiary alicyclic amines) is 2. The zero-order valence-corrected chi connectivity index (χ0v) is 38.6. The summed E-state index contributed by atoms with van der Waals surface area (Å²) in [7, 11) is 1.97. The van der Waals surface area contributed by atoms with Gasteiger partial charge in [-0.15, -0.1) is 0 Å². The number of carbonyl (C=O) groups excluding carboxylic acids is 5. The summed E-state index contributed by atoms with van der Waals surface area (Å²) in [6, 6.07) is 21.6. The van der Waals surface area contributed by atoms with Gasteiger partial charge in [0.15, 0.2) is 0 Å². The lowest BCUT2D eigenvalue weighted by molar-refractivity contribution is -0.153. The fourth-order valence-corrected chi connectivity index (χ4v) is 9.41. The second-order valence-corrected chi connectivity index (χ2v) is 17.5. The molecule has 3 aromatic carbocycles. The molecule has 0 saturated carbocycles. The lowest BCUT2D eigenvalue weighted by Gasteiger charge is -2.38. The molecule has 5 N–H and O–H groups in total. The minimum Gasteiger partial charge on any atom is -0.457 e. The van der Waals surface area contributed by atoms with Gasteiger partial charge in [-0.05, 0) is 87.2 Å². The molecule has 0 bridgehead atoms. The average molecular weight is 932 g/mol. The third-order valence-electron chi connectivity index (χ3n) is 13.1. The number of nitrogens with zero attached hydrogens (tertiary/aromatic N) is 6. The summed E-state index contributed by atoms with van der Waals surface area (Å²) < 4.78 is 24.9. The molecule has 18 nitrogen and oxygen atoms in total. The molecule has 0 radical (unpaired) electrons. The Kier molecular flexibility index (Phi) is 15.8. The lowest BCUT2D eigenvalue weighted by Crippen LogP contribution is -2.55. The molecule has 8 rings (SSSR count). The van der Waals surface area contributed by atoms with E-state index in [1.165, 1.54) is 9.80 Å². The molecule has 360 valence electrons. The van der Waals surface area contributed by atoms with Crippen molar-refractivity contribution in [1.29, 1.82) is 0 Å². The fourth-order valence-electron chi connectivity index (χ4n) is 9.41. The minimum absolute atomic E-state index is 0.00687. The quantitative estimate of drug-likeness (QED) is 0.0460. The number of ether oxygens (including phenoxy) is 4. The average Bonchev–Trinajstić information content (AvgIpc) is 3.91. The number of likely N-dealkylation sites (N-methyl/N-ethyl adjacent to an activating group) is 1. The number of fused-ring (bicyclic) bond motifs is 2. The van der Waals surface area contributed by atoms with Crippen LogP contribution in [0.5, 0.6) is 11.5 Å². The van der Waals surface area contributed by atoms with Gasteiger partial charge in [-0.2, -0.15) is 5.10 Å². The van der Waals surface area contributed by atoms with Crippen molar-refractivity contribution in [2.45, 2.75) is 50.7 Å². The number of rotatable bonds is 21. The topological polar surface area (TPSA) is 217 Å². The van der Waals surface area contributed by atoms with E-state index in [-0.39, 0.29) is 62.2 Å². The number of piperidine rings is 2. The van der Waals surface area contributed by atoms with Crippen LogP contribution < -0.4 is 21.5 Å². The van der Waals surface area contributed by atoms with Crippen LogP contribution >= 0.6 is 0 Å². The molecular formula is C50H61N9O9. The Hall–Kier alpha value is -6.60. The van der Waals surface area contributed by atoms with E-state index in [9.17, 15) is 24.0 Å². The highest BCUT2D eigenvalue weighted by molar-refractivity contribution is 6.06. The van der Waals surface area contributed by atoms with Gasteiger partial charge < -0.3 is 50.4 Å². The van der Waals surface area contributed by atoms with Crippen molar-refractivity contribution in [3.8, 4) is 22.8 Å². The molecule has 2 fully saturated rings. The molecule has 0 aliphatic carbocycles. The molecule has 1 unspecified atom stereocenters. The zero-order chi connectivity index (χ0) is 47.6. The van der Waals surface area contributed by atoms with Crippen LogP contribution in [-0.2, 0) is 35.1 Å². The number of anilines is 2. The van der Waals surface area contributed by atoms with Gasteiger partial charge in [0.1, 0.15) is 34.6 Å². The van der Waals surface area contributed by atoms with Gasteiger partial charge in [-0.1, -0.05) is 30.3 Å². The van der Waals surface area contributed by atoms with Crippen LogP contribution in [0.4, 0.5) is 11.5 Å². The van der Waals surface area contributed by atoms with Crippen LogP contribution in [0, 0.1) is 5.92 Å². The number of aromatic nitrogens is 2. The molecule has 5 amide bonds. The van der Waals surface area contributed by atoms with Crippen LogP contribution in [-0.4, -0.2) is 151 Å². The highest BCUT2D eigenvalue weighted by Crippen LogP contribution is 2.40. The Morgan fingerprint density at radius 2 is 1.56 bits per heavy atom. The van der Waals surface area contributed by atoms with Crippen LogP contribution in [0.15, 0.2) is 84.9 Å². The van der Waals surface area contributed by atoms with Crippen molar-refractivity contribution in [1.82, 2.24) is 29.4 Å². The molecule has 0 spiro atoms. The van der Waals surface area contributed by atoms with Crippen LogP contribution in [0.25, 0.3) is 11.3 Å². The van der Waals surface area contributed by atoms with E-state index >= 15 is 0 Å². The van der Waals surface area contributed by atoms with E-state index in [2.05, 4.69) is 10.2 Å². The Morgan fingerprint density at radius 1 is 0.853 bits per heavy atom. The molecule has 4 aliphatic rings. The summed E-state index contributed by atoms with van der Waals surface area (Å²) in [5.74, 6) is 0.884. The van der Waals surface area contributed by atoms with E-state index in [1.807, 2.05) is 77.3 Å². The number of hydrogen-bond acceptors (Lipinski definition) is 13. The normalized spacial score (nSPS) is 18.6. The highest BCUT2D eigenvalue weighted by Gasteiger charge is 2.43. The van der Waals surface area contributed by atoms with Crippen molar-refractivity contribution < 1.29 is 42.9 Å². The Bertz CT molecular complexity index is 2450. The maximum absolute atomic E-state index is 13.3. The van der Waals surface area contributed by atoms with Crippen LogP contribution in [0.1, 0.15) is 64.4 Å². The van der Waals surface area contributed by atoms with Crippen molar-refractivity contribution in [2.24, 2.45) is 11.7 Å². The summed E-state index contributed by atoms with van der Waals surface area (Å²) in [5, 5.41) is 8.36. The number of benzene rings is 3. The smallest absolute Gasteiger partial charge is 0.255 e. The second-order valence-electron chi connectivity index (χ2n) is 17.5. The van der Waals surface area contributed by atoms with Crippen LogP contribution in [0.3, 0.4) is 0 Å². The predicted octanol–water partition coefficient (Wildman–Crippen LogP) is 4.33. The van der Waals surface area contributed by atoms with E-state index in [0.29, 0.717) is 99.8 Å². The first kappa shape index (κ1) is 47.9.